The van der Waals surface area contributed by atoms with E-state index in [0.717, 1.165) is 18.4 Å². The van der Waals surface area contributed by atoms with E-state index in [1.165, 1.54) is 48.6 Å². The van der Waals surface area contributed by atoms with Gasteiger partial charge in [0, 0.05) is 4.47 Å². The lowest BCUT2D eigenvalue weighted by Crippen LogP contribution is -2.23. The molecular formula is C18H30BrN. The van der Waals surface area contributed by atoms with Crippen LogP contribution in [0.25, 0.3) is 0 Å². The second-order valence-electron chi connectivity index (χ2n) is 5.87. The Morgan fingerprint density at radius 3 is 2.50 bits per heavy atom. The summed E-state index contributed by atoms with van der Waals surface area (Å²) in [5.41, 5.74) is 1.44. The Hall–Kier alpha value is -0.340. The van der Waals surface area contributed by atoms with E-state index in [1.54, 1.807) is 0 Å². The van der Waals surface area contributed by atoms with Crippen molar-refractivity contribution in [3.63, 3.8) is 0 Å². The highest BCUT2D eigenvalue weighted by molar-refractivity contribution is 9.10. The molecule has 0 heterocycles. The van der Waals surface area contributed by atoms with Crippen LogP contribution in [0.1, 0.15) is 51.5 Å². The minimum Gasteiger partial charge on any atom is -0.319 e. The molecule has 0 fully saturated rings. The lowest BCUT2D eigenvalue weighted by atomic mass is 9.85. The van der Waals surface area contributed by atoms with Gasteiger partial charge in [-0.2, -0.15) is 0 Å². The number of hydrogen-bond acceptors (Lipinski definition) is 1. The Labute approximate surface area is 133 Å². The Morgan fingerprint density at radius 1 is 1.15 bits per heavy atom. The average molecular weight is 340 g/mol. The second-order valence-corrected chi connectivity index (χ2v) is 6.73. The zero-order chi connectivity index (χ0) is 14.8. The summed E-state index contributed by atoms with van der Waals surface area (Å²) in [6.45, 7) is 5.75. The van der Waals surface area contributed by atoms with Crippen LogP contribution in [0.4, 0.5) is 0 Å². The molecule has 1 aromatic carbocycles. The smallest absolute Gasteiger partial charge is 0.0207 e. The third-order valence-corrected chi connectivity index (χ3v) is 4.94. The number of unbranched alkanes of at least 4 members (excludes halogenated alkanes) is 1. The topological polar surface area (TPSA) is 12.0 Å². The van der Waals surface area contributed by atoms with E-state index in [-0.39, 0.29) is 0 Å². The predicted molar refractivity (Wildman–Crippen MR) is 93.2 cm³/mol. The molecule has 20 heavy (non-hydrogen) atoms. The Bertz CT molecular complexity index is 364. The van der Waals surface area contributed by atoms with Gasteiger partial charge >= 0.3 is 0 Å². The van der Waals surface area contributed by atoms with E-state index in [2.05, 4.69) is 66.4 Å². The normalized spacial score (nSPS) is 14.2. The summed E-state index contributed by atoms with van der Waals surface area (Å²) in [6.07, 6.45) is 7.92. The minimum atomic E-state index is 0.737. The van der Waals surface area contributed by atoms with Gasteiger partial charge in [0.15, 0.2) is 0 Å². The molecule has 0 amide bonds. The maximum absolute atomic E-state index is 3.68. The van der Waals surface area contributed by atoms with Gasteiger partial charge in [0.2, 0.25) is 0 Å². The molecule has 114 valence electrons. The summed E-state index contributed by atoms with van der Waals surface area (Å²) in [6, 6.07) is 8.64. The van der Waals surface area contributed by atoms with E-state index in [4.69, 9.17) is 0 Å². The molecular weight excluding hydrogens is 310 g/mol. The number of benzene rings is 1. The largest absolute Gasteiger partial charge is 0.319 e. The molecule has 1 aromatic rings. The quantitative estimate of drug-likeness (QED) is 0.598. The van der Waals surface area contributed by atoms with E-state index in [9.17, 15) is 0 Å². The second kappa shape index (κ2) is 10.4. The maximum atomic E-state index is 3.68. The molecule has 0 spiro atoms. The molecule has 1 nitrogen and oxygen atoms in total. The first kappa shape index (κ1) is 17.7. The van der Waals surface area contributed by atoms with Crippen LogP contribution in [0.5, 0.6) is 0 Å². The van der Waals surface area contributed by atoms with Crippen LogP contribution < -0.4 is 5.32 Å². The summed E-state index contributed by atoms with van der Waals surface area (Å²) in [4.78, 5) is 0. The van der Waals surface area contributed by atoms with Crippen LogP contribution in [-0.4, -0.2) is 13.6 Å². The fraction of sp³-hybridized carbons (Fsp3) is 0.667. The van der Waals surface area contributed by atoms with Crippen LogP contribution in [0.3, 0.4) is 0 Å². The van der Waals surface area contributed by atoms with E-state index >= 15 is 0 Å². The van der Waals surface area contributed by atoms with Crippen LogP contribution in [0.15, 0.2) is 28.7 Å². The fourth-order valence-corrected chi connectivity index (χ4v) is 3.40. The third-order valence-electron chi connectivity index (χ3n) is 4.17. The lowest BCUT2D eigenvalue weighted by Gasteiger charge is -2.23. The molecule has 2 atom stereocenters. The van der Waals surface area contributed by atoms with E-state index in [1.807, 2.05) is 0 Å². The van der Waals surface area contributed by atoms with Crippen molar-refractivity contribution in [3.8, 4) is 0 Å². The SMILES string of the molecule is CCCCC(CC)CC(CNC)Cc1ccccc1Br. The number of halogens is 1. The zero-order valence-electron chi connectivity index (χ0n) is 13.3. The molecule has 0 aliphatic carbocycles. The van der Waals surface area contributed by atoms with Gasteiger partial charge in [0.05, 0.1) is 0 Å². The van der Waals surface area contributed by atoms with Crippen molar-refractivity contribution in [2.24, 2.45) is 11.8 Å². The molecule has 0 aromatic heterocycles. The van der Waals surface area contributed by atoms with Gasteiger partial charge in [-0.3, -0.25) is 0 Å². The third kappa shape index (κ3) is 6.41. The zero-order valence-corrected chi connectivity index (χ0v) is 14.9. The maximum Gasteiger partial charge on any atom is 0.0207 e. The van der Waals surface area contributed by atoms with Crippen molar-refractivity contribution >= 4 is 15.9 Å². The Kier molecular flexibility index (Phi) is 9.21. The highest BCUT2D eigenvalue weighted by Gasteiger charge is 2.16. The van der Waals surface area contributed by atoms with Gasteiger partial charge < -0.3 is 5.32 Å². The van der Waals surface area contributed by atoms with E-state index < -0.39 is 0 Å². The average Bonchev–Trinajstić information content (AvgIpc) is 2.46. The van der Waals surface area contributed by atoms with Gasteiger partial charge in [-0.25, -0.2) is 0 Å². The van der Waals surface area contributed by atoms with Gasteiger partial charge in [-0.05, 0) is 49.9 Å². The fourth-order valence-electron chi connectivity index (χ4n) is 2.96. The molecule has 2 heteroatoms. The lowest BCUT2D eigenvalue weighted by molar-refractivity contribution is 0.329. The summed E-state index contributed by atoms with van der Waals surface area (Å²) >= 11 is 3.68. The van der Waals surface area contributed by atoms with Gasteiger partial charge in [0.1, 0.15) is 0 Å². The molecule has 1 N–H and O–H groups in total. The molecule has 0 saturated carbocycles. The molecule has 0 saturated heterocycles. The van der Waals surface area contributed by atoms with Crippen molar-refractivity contribution in [2.75, 3.05) is 13.6 Å². The highest BCUT2D eigenvalue weighted by atomic mass is 79.9. The van der Waals surface area contributed by atoms with Crippen LogP contribution in [0, 0.1) is 11.8 Å². The summed E-state index contributed by atoms with van der Waals surface area (Å²) in [5.74, 6) is 1.62. The summed E-state index contributed by atoms with van der Waals surface area (Å²) < 4.78 is 1.25. The molecule has 0 aliphatic rings. The highest BCUT2D eigenvalue weighted by Crippen LogP contribution is 2.26. The first-order chi connectivity index (χ1) is 9.71. The molecule has 2 unspecified atom stereocenters. The van der Waals surface area contributed by atoms with Crippen molar-refractivity contribution in [1.29, 1.82) is 0 Å². The molecule has 0 radical (unpaired) electrons. The molecule has 0 aliphatic heterocycles. The number of hydrogen-bond donors (Lipinski definition) is 1. The standard InChI is InChI=1S/C18H30BrN/c1-4-6-9-15(5-2)12-16(14-20-3)13-17-10-7-8-11-18(17)19/h7-8,10-11,15-16,20H,4-6,9,12-14H2,1-3H3. The van der Waals surface area contributed by atoms with Gasteiger partial charge in [0.25, 0.3) is 0 Å². The van der Waals surface area contributed by atoms with Gasteiger partial charge in [-0.1, -0.05) is 73.7 Å². The molecule has 0 bridgehead atoms. The van der Waals surface area contributed by atoms with Crippen molar-refractivity contribution in [3.05, 3.63) is 34.3 Å². The van der Waals surface area contributed by atoms with Crippen molar-refractivity contribution in [1.82, 2.24) is 5.32 Å². The summed E-state index contributed by atoms with van der Waals surface area (Å²) in [5, 5.41) is 3.38. The number of rotatable bonds is 10. The Balaban J connectivity index is 2.61. The number of nitrogens with one attached hydrogen (secondary N) is 1. The first-order valence-corrected chi connectivity index (χ1v) is 8.88. The molecule has 1 rings (SSSR count). The minimum absolute atomic E-state index is 0.737. The van der Waals surface area contributed by atoms with Crippen LogP contribution in [-0.2, 0) is 6.42 Å². The van der Waals surface area contributed by atoms with Crippen LogP contribution in [0.2, 0.25) is 0 Å². The summed E-state index contributed by atoms with van der Waals surface area (Å²) in [7, 11) is 2.07. The van der Waals surface area contributed by atoms with E-state index in [0.29, 0.717) is 0 Å². The van der Waals surface area contributed by atoms with Crippen molar-refractivity contribution < 1.29 is 0 Å². The monoisotopic (exact) mass is 339 g/mol. The Morgan fingerprint density at radius 2 is 1.90 bits per heavy atom. The van der Waals surface area contributed by atoms with Crippen molar-refractivity contribution in [2.45, 2.75) is 52.4 Å². The van der Waals surface area contributed by atoms with Crippen LogP contribution >= 0.6 is 15.9 Å². The van der Waals surface area contributed by atoms with Gasteiger partial charge in [-0.15, -0.1) is 0 Å². The first-order valence-electron chi connectivity index (χ1n) is 8.09. The predicted octanol–water partition coefficient (Wildman–Crippen LogP) is 5.43.